The van der Waals surface area contributed by atoms with Crippen LogP contribution < -0.4 is 5.32 Å². The van der Waals surface area contributed by atoms with Crippen LogP contribution in [0.3, 0.4) is 0 Å². The van der Waals surface area contributed by atoms with Gasteiger partial charge in [0.25, 0.3) is 0 Å². The van der Waals surface area contributed by atoms with Crippen molar-refractivity contribution in [3.05, 3.63) is 48.7 Å². The minimum Gasteiger partial charge on any atom is -0.358 e. The molecule has 0 aromatic carbocycles. The van der Waals surface area contributed by atoms with Gasteiger partial charge in [-0.3, -0.25) is 15.1 Å². The van der Waals surface area contributed by atoms with Gasteiger partial charge in [-0.05, 0) is 31.4 Å². The van der Waals surface area contributed by atoms with E-state index in [1.54, 1.807) is 12.4 Å². The predicted molar refractivity (Wildman–Crippen MR) is 94.1 cm³/mol. The maximum absolute atomic E-state index is 4.49. The molecular formula is C18H21N5. The number of aromatic nitrogens is 4. The number of rotatable bonds is 5. The van der Waals surface area contributed by atoms with E-state index in [1.807, 2.05) is 25.3 Å². The smallest absolute Gasteiger partial charge is 0.111 e. The van der Waals surface area contributed by atoms with E-state index in [2.05, 4.69) is 45.9 Å². The fourth-order valence-electron chi connectivity index (χ4n) is 2.60. The van der Waals surface area contributed by atoms with Crippen molar-refractivity contribution >= 4 is 16.6 Å². The Balaban J connectivity index is 1.88. The molecule has 3 aromatic rings. The summed E-state index contributed by atoms with van der Waals surface area (Å²) in [6, 6.07) is 4.08. The molecule has 3 aromatic heterocycles. The van der Waals surface area contributed by atoms with Crippen LogP contribution in [0.4, 0.5) is 5.69 Å². The molecule has 3 heterocycles. The zero-order chi connectivity index (χ0) is 16.4. The quantitative estimate of drug-likeness (QED) is 0.737. The molecule has 0 bridgehead atoms. The highest BCUT2D eigenvalue weighted by Crippen LogP contribution is 2.24. The maximum Gasteiger partial charge on any atom is 0.111 e. The molecule has 118 valence electrons. The molecule has 0 aliphatic heterocycles. The summed E-state index contributed by atoms with van der Waals surface area (Å²) in [4.78, 5) is 8.80. The predicted octanol–water partition coefficient (Wildman–Crippen LogP) is 4.30. The van der Waals surface area contributed by atoms with Crippen LogP contribution in [0.2, 0.25) is 0 Å². The van der Waals surface area contributed by atoms with Crippen molar-refractivity contribution in [2.24, 2.45) is 5.92 Å². The lowest BCUT2D eigenvalue weighted by Crippen LogP contribution is -2.02. The zero-order valence-corrected chi connectivity index (χ0v) is 13.7. The van der Waals surface area contributed by atoms with Gasteiger partial charge in [0.1, 0.15) is 5.52 Å². The molecule has 0 aliphatic rings. The van der Waals surface area contributed by atoms with Crippen molar-refractivity contribution in [2.45, 2.75) is 27.2 Å². The summed E-state index contributed by atoms with van der Waals surface area (Å²) < 4.78 is 0. The molecule has 0 saturated carbocycles. The van der Waals surface area contributed by atoms with Crippen LogP contribution >= 0.6 is 0 Å². The summed E-state index contributed by atoms with van der Waals surface area (Å²) in [6.07, 6.45) is 6.34. The maximum atomic E-state index is 4.49. The minimum absolute atomic E-state index is 0.569. The van der Waals surface area contributed by atoms with Gasteiger partial charge in [-0.25, -0.2) is 0 Å². The molecule has 0 unspecified atom stereocenters. The largest absolute Gasteiger partial charge is 0.358 e. The number of aromatic amines is 1. The number of hydrogen-bond donors (Lipinski definition) is 2. The highest BCUT2D eigenvalue weighted by molar-refractivity contribution is 5.84. The molecule has 0 aliphatic carbocycles. The second-order valence-corrected chi connectivity index (χ2v) is 6.22. The zero-order valence-electron chi connectivity index (χ0n) is 13.7. The molecular weight excluding hydrogens is 286 g/mol. The van der Waals surface area contributed by atoms with Crippen molar-refractivity contribution < 1.29 is 0 Å². The Morgan fingerprint density at radius 2 is 2.09 bits per heavy atom. The second-order valence-electron chi connectivity index (χ2n) is 6.22. The van der Waals surface area contributed by atoms with Crippen LogP contribution in [0.5, 0.6) is 0 Å². The number of nitrogens with zero attached hydrogens (tertiary/aromatic N) is 3. The van der Waals surface area contributed by atoms with E-state index < -0.39 is 0 Å². The van der Waals surface area contributed by atoms with E-state index in [4.69, 9.17) is 0 Å². The lowest BCUT2D eigenvalue weighted by Gasteiger charge is -2.12. The van der Waals surface area contributed by atoms with Gasteiger partial charge < -0.3 is 5.32 Å². The molecule has 3 rings (SSSR count). The second kappa shape index (κ2) is 6.20. The first kappa shape index (κ1) is 15.2. The first-order valence-electron chi connectivity index (χ1n) is 7.74. The molecule has 0 fully saturated rings. The molecule has 5 nitrogen and oxygen atoms in total. The summed E-state index contributed by atoms with van der Waals surface area (Å²) >= 11 is 0. The van der Waals surface area contributed by atoms with Gasteiger partial charge in [-0.1, -0.05) is 20.4 Å². The molecule has 0 saturated heterocycles. The van der Waals surface area contributed by atoms with E-state index in [9.17, 15) is 0 Å². The van der Waals surface area contributed by atoms with Gasteiger partial charge in [0.05, 0.1) is 23.8 Å². The molecule has 0 amide bonds. The number of aryl methyl sites for hydroxylation is 1. The molecule has 2 N–H and O–H groups in total. The van der Waals surface area contributed by atoms with Gasteiger partial charge >= 0.3 is 0 Å². The SMILES string of the molecule is C=C(CC(C)C)Nc1cncc(-c2cc3c(C)[nH]nc3cn2)c1. The van der Waals surface area contributed by atoms with Crippen LogP contribution in [0.25, 0.3) is 22.2 Å². The first-order chi connectivity index (χ1) is 11.0. The van der Waals surface area contributed by atoms with E-state index >= 15 is 0 Å². The van der Waals surface area contributed by atoms with E-state index in [0.717, 1.165) is 45.7 Å². The molecule has 5 heteroatoms. The van der Waals surface area contributed by atoms with Gasteiger partial charge in [0, 0.05) is 28.5 Å². The highest BCUT2D eigenvalue weighted by atomic mass is 15.1. The monoisotopic (exact) mass is 307 g/mol. The van der Waals surface area contributed by atoms with E-state index in [1.165, 1.54) is 0 Å². The number of pyridine rings is 2. The minimum atomic E-state index is 0.569. The Kier molecular flexibility index (Phi) is 4.10. The number of allylic oxidation sites excluding steroid dienone is 1. The topological polar surface area (TPSA) is 66.5 Å². The number of nitrogens with one attached hydrogen (secondary N) is 2. The van der Waals surface area contributed by atoms with Gasteiger partial charge in [-0.15, -0.1) is 0 Å². The lowest BCUT2D eigenvalue weighted by atomic mass is 10.1. The lowest BCUT2D eigenvalue weighted by molar-refractivity contribution is 0.645. The Morgan fingerprint density at radius 3 is 2.87 bits per heavy atom. The number of fused-ring (bicyclic) bond motifs is 1. The van der Waals surface area contributed by atoms with E-state index in [-0.39, 0.29) is 0 Å². The Bertz CT molecular complexity index is 847. The van der Waals surface area contributed by atoms with Crippen LogP contribution in [0, 0.1) is 12.8 Å². The van der Waals surface area contributed by atoms with Gasteiger partial charge in [-0.2, -0.15) is 5.10 Å². The molecule has 0 spiro atoms. The van der Waals surface area contributed by atoms with Gasteiger partial charge in [0.2, 0.25) is 0 Å². The summed E-state index contributed by atoms with van der Waals surface area (Å²) in [5.74, 6) is 0.569. The van der Waals surface area contributed by atoms with Crippen LogP contribution in [0.15, 0.2) is 43.0 Å². The van der Waals surface area contributed by atoms with Crippen molar-refractivity contribution in [1.82, 2.24) is 20.2 Å². The van der Waals surface area contributed by atoms with Crippen LogP contribution in [-0.2, 0) is 0 Å². The summed E-state index contributed by atoms with van der Waals surface area (Å²) in [5, 5.41) is 11.6. The van der Waals surface area contributed by atoms with Crippen LogP contribution in [0.1, 0.15) is 26.0 Å². The molecule has 23 heavy (non-hydrogen) atoms. The number of hydrogen-bond acceptors (Lipinski definition) is 4. The summed E-state index contributed by atoms with van der Waals surface area (Å²) in [7, 11) is 0. The van der Waals surface area contributed by atoms with Gasteiger partial charge in [0.15, 0.2) is 0 Å². The highest BCUT2D eigenvalue weighted by Gasteiger charge is 2.07. The number of anilines is 1. The van der Waals surface area contributed by atoms with Crippen molar-refractivity contribution in [2.75, 3.05) is 5.32 Å². The number of H-pyrrole nitrogens is 1. The molecule has 0 atom stereocenters. The van der Waals surface area contributed by atoms with Crippen molar-refractivity contribution in [1.29, 1.82) is 0 Å². The van der Waals surface area contributed by atoms with Crippen molar-refractivity contribution in [3.8, 4) is 11.3 Å². The third-order valence-corrected chi connectivity index (χ3v) is 3.64. The summed E-state index contributed by atoms with van der Waals surface area (Å²) in [6.45, 7) is 10.4. The van der Waals surface area contributed by atoms with E-state index in [0.29, 0.717) is 5.92 Å². The van der Waals surface area contributed by atoms with Crippen LogP contribution in [-0.4, -0.2) is 20.2 Å². The Labute approximate surface area is 135 Å². The average Bonchev–Trinajstić information content (AvgIpc) is 2.87. The average molecular weight is 307 g/mol. The fraction of sp³-hybridized carbons (Fsp3) is 0.278. The molecule has 0 radical (unpaired) electrons. The normalized spacial score (nSPS) is 11.1. The third kappa shape index (κ3) is 3.39. The van der Waals surface area contributed by atoms with Crippen molar-refractivity contribution in [3.63, 3.8) is 0 Å². The Morgan fingerprint density at radius 1 is 1.26 bits per heavy atom. The Hall–Kier alpha value is -2.69. The standard InChI is InChI=1S/C18H21N5/c1-11(2)5-12(3)21-15-6-14(8-19-9-15)17-7-16-13(4)22-23-18(16)10-20-17/h6-11,21H,3,5H2,1-2,4H3,(H,22,23). The fourth-order valence-corrected chi connectivity index (χ4v) is 2.60. The third-order valence-electron chi connectivity index (χ3n) is 3.64. The summed E-state index contributed by atoms with van der Waals surface area (Å²) in [5.41, 5.74) is 5.68. The first-order valence-corrected chi connectivity index (χ1v) is 7.74.